The van der Waals surface area contributed by atoms with Crippen LogP contribution in [0.25, 0.3) is 0 Å². The highest BCUT2D eigenvalue weighted by molar-refractivity contribution is 9.11. The average Bonchev–Trinajstić information content (AvgIpc) is 2.77. The number of benzene rings is 1. The Morgan fingerprint density at radius 3 is 2.53 bits per heavy atom. The van der Waals surface area contributed by atoms with Crippen molar-refractivity contribution in [3.05, 3.63) is 49.3 Å². The Labute approximate surface area is 121 Å². The SMILES string of the molecule is NNC(Cc1cncs1)c1cc(Br)cc(Br)c1. The van der Waals surface area contributed by atoms with Crippen molar-refractivity contribution >= 4 is 43.2 Å². The molecule has 3 nitrogen and oxygen atoms in total. The first-order valence-electron chi connectivity index (χ1n) is 4.98. The van der Waals surface area contributed by atoms with Gasteiger partial charge in [0.15, 0.2) is 0 Å². The minimum absolute atomic E-state index is 0.0873. The lowest BCUT2D eigenvalue weighted by Crippen LogP contribution is -2.29. The van der Waals surface area contributed by atoms with Gasteiger partial charge in [-0.1, -0.05) is 31.9 Å². The standard InChI is InChI=1S/C11H11Br2N3S/c12-8-1-7(2-9(13)3-8)11(16-14)4-10-5-15-6-17-10/h1-3,5-6,11,16H,4,14H2. The van der Waals surface area contributed by atoms with E-state index < -0.39 is 0 Å². The Morgan fingerprint density at radius 2 is 2.00 bits per heavy atom. The number of nitrogens with zero attached hydrogens (tertiary/aromatic N) is 1. The van der Waals surface area contributed by atoms with Crippen LogP contribution in [0.5, 0.6) is 0 Å². The molecule has 90 valence electrons. The summed E-state index contributed by atoms with van der Waals surface area (Å²) in [5.41, 5.74) is 5.82. The second kappa shape index (κ2) is 6.06. The third-order valence-electron chi connectivity index (χ3n) is 2.38. The second-order valence-electron chi connectivity index (χ2n) is 3.59. The molecule has 0 spiro atoms. The van der Waals surface area contributed by atoms with Crippen LogP contribution in [0, 0.1) is 0 Å². The molecule has 0 saturated carbocycles. The van der Waals surface area contributed by atoms with Crippen LogP contribution in [0.3, 0.4) is 0 Å². The van der Waals surface area contributed by atoms with Crippen molar-refractivity contribution in [3.63, 3.8) is 0 Å². The quantitative estimate of drug-likeness (QED) is 0.634. The maximum atomic E-state index is 5.63. The fourth-order valence-electron chi connectivity index (χ4n) is 1.59. The molecule has 0 aliphatic carbocycles. The Bertz CT molecular complexity index is 467. The number of hydrogen-bond acceptors (Lipinski definition) is 4. The molecule has 3 N–H and O–H groups in total. The highest BCUT2D eigenvalue weighted by atomic mass is 79.9. The van der Waals surface area contributed by atoms with Crippen molar-refractivity contribution < 1.29 is 0 Å². The number of aromatic nitrogens is 1. The Morgan fingerprint density at radius 1 is 1.29 bits per heavy atom. The Kier molecular flexibility index (Phi) is 4.69. The predicted octanol–water partition coefficient (Wildman–Crippen LogP) is 3.42. The fourth-order valence-corrected chi connectivity index (χ4v) is 3.56. The number of rotatable bonds is 4. The van der Waals surface area contributed by atoms with Gasteiger partial charge >= 0.3 is 0 Å². The van der Waals surface area contributed by atoms with Crippen LogP contribution >= 0.6 is 43.2 Å². The van der Waals surface area contributed by atoms with Gasteiger partial charge in [0.1, 0.15) is 0 Å². The summed E-state index contributed by atoms with van der Waals surface area (Å²) in [6.45, 7) is 0. The van der Waals surface area contributed by atoms with E-state index in [-0.39, 0.29) is 6.04 Å². The van der Waals surface area contributed by atoms with E-state index in [0.717, 1.165) is 20.9 Å². The molecule has 0 saturated heterocycles. The largest absolute Gasteiger partial charge is 0.271 e. The van der Waals surface area contributed by atoms with Crippen molar-refractivity contribution in [2.24, 2.45) is 5.84 Å². The summed E-state index contributed by atoms with van der Waals surface area (Å²) in [6, 6.07) is 6.22. The highest BCUT2D eigenvalue weighted by Crippen LogP contribution is 2.26. The van der Waals surface area contributed by atoms with E-state index >= 15 is 0 Å². The van der Waals surface area contributed by atoms with Crippen LogP contribution in [0.2, 0.25) is 0 Å². The molecule has 1 heterocycles. The lowest BCUT2D eigenvalue weighted by Gasteiger charge is -2.16. The molecule has 0 aliphatic rings. The molecule has 0 fully saturated rings. The molecular weight excluding hydrogens is 366 g/mol. The van der Waals surface area contributed by atoms with Crippen LogP contribution in [0.15, 0.2) is 38.9 Å². The van der Waals surface area contributed by atoms with Gasteiger partial charge in [-0.2, -0.15) is 0 Å². The highest BCUT2D eigenvalue weighted by Gasteiger charge is 2.12. The molecule has 17 heavy (non-hydrogen) atoms. The lowest BCUT2D eigenvalue weighted by atomic mass is 10.0. The second-order valence-corrected chi connectivity index (χ2v) is 6.40. The lowest BCUT2D eigenvalue weighted by molar-refractivity contribution is 0.555. The Balaban J connectivity index is 2.22. The first-order chi connectivity index (χ1) is 8.19. The van der Waals surface area contributed by atoms with Crippen LogP contribution in [0.1, 0.15) is 16.5 Å². The minimum atomic E-state index is 0.0873. The smallest absolute Gasteiger partial charge is 0.0794 e. The monoisotopic (exact) mass is 375 g/mol. The minimum Gasteiger partial charge on any atom is -0.271 e. The van der Waals surface area contributed by atoms with E-state index in [0.29, 0.717) is 0 Å². The van der Waals surface area contributed by atoms with Gasteiger partial charge in [0, 0.05) is 26.4 Å². The van der Waals surface area contributed by atoms with E-state index in [1.54, 1.807) is 11.3 Å². The zero-order chi connectivity index (χ0) is 12.3. The van der Waals surface area contributed by atoms with Crippen molar-refractivity contribution in [1.29, 1.82) is 0 Å². The first-order valence-corrected chi connectivity index (χ1v) is 7.45. The van der Waals surface area contributed by atoms with Crippen LogP contribution in [0.4, 0.5) is 0 Å². The summed E-state index contributed by atoms with van der Waals surface area (Å²) in [6.07, 6.45) is 2.71. The van der Waals surface area contributed by atoms with Gasteiger partial charge in [-0.05, 0) is 23.8 Å². The maximum absolute atomic E-state index is 5.63. The fraction of sp³-hybridized carbons (Fsp3) is 0.182. The third kappa shape index (κ3) is 3.59. The summed E-state index contributed by atoms with van der Waals surface area (Å²) in [7, 11) is 0. The molecule has 0 aliphatic heterocycles. The van der Waals surface area contributed by atoms with Gasteiger partial charge in [0.2, 0.25) is 0 Å². The molecule has 1 unspecified atom stereocenters. The van der Waals surface area contributed by atoms with Crippen molar-refractivity contribution in [3.8, 4) is 0 Å². The molecule has 0 bridgehead atoms. The van der Waals surface area contributed by atoms with Crippen molar-refractivity contribution in [2.45, 2.75) is 12.5 Å². The number of hydrazine groups is 1. The van der Waals surface area contributed by atoms with E-state index in [1.807, 2.05) is 17.8 Å². The molecule has 1 aromatic heterocycles. The molecular formula is C11H11Br2N3S. The summed E-state index contributed by atoms with van der Waals surface area (Å²) < 4.78 is 2.07. The zero-order valence-corrected chi connectivity index (χ0v) is 12.8. The first kappa shape index (κ1) is 13.2. The molecule has 2 aromatic rings. The molecule has 1 aromatic carbocycles. The normalized spacial score (nSPS) is 12.6. The number of hydrogen-bond donors (Lipinski definition) is 2. The van der Waals surface area contributed by atoms with Gasteiger partial charge in [-0.25, -0.2) is 0 Å². The molecule has 1 atom stereocenters. The molecule has 0 amide bonds. The predicted molar refractivity (Wildman–Crippen MR) is 77.7 cm³/mol. The average molecular weight is 377 g/mol. The van der Waals surface area contributed by atoms with Crippen LogP contribution in [-0.4, -0.2) is 4.98 Å². The van der Waals surface area contributed by atoms with Crippen molar-refractivity contribution in [1.82, 2.24) is 10.4 Å². The van der Waals surface area contributed by atoms with Crippen LogP contribution < -0.4 is 11.3 Å². The number of thiazole rings is 1. The Hall–Kier alpha value is -0.270. The summed E-state index contributed by atoms with van der Waals surface area (Å²) in [5, 5.41) is 0. The van der Waals surface area contributed by atoms with Crippen LogP contribution in [-0.2, 0) is 6.42 Å². The van der Waals surface area contributed by atoms with E-state index in [9.17, 15) is 0 Å². The van der Waals surface area contributed by atoms with Crippen molar-refractivity contribution in [2.75, 3.05) is 0 Å². The zero-order valence-electron chi connectivity index (χ0n) is 8.86. The van der Waals surface area contributed by atoms with Gasteiger partial charge in [-0.15, -0.1) is 11.3 Å². The summed E-state index contributed by atoms with van der Waals surface area (Å²) in [4.78, 5) is 5.28. The van der Waals surface area contributed by atoms with Gasteiger partial charge < -0.3 is 0 Å². The summed E-state index contributed by atoms with van der Waals surface area (Å²) in [5.74, 6) is 5.63. The number of nitrogens with one attached hydrogen (secondary N) is 1. The van der Waals surface area contributed by atoms with E-state index in [1.165, 1.54) is 4.88 Å². The van der Waals surface area contributed by atoms with Gasteiger partial charge in [0.05, 0.1) is 11.6 Å². The number of halogens is 2. The van der Waals surface area contributed by atoms with E-state index in [2.05, 4.69) is 54.4 Å². The topological polar surface area (TPSA) is 50.9 Å². The van der Waals surface area contributed by atoms with E-state index in [4.69, 9.17) is 5.84 Å². The van der Waals surface area contributed by atoms with Gasteiger partial charge in [-0.3, -0.25) is 16.3 Å². The third-order valence-corrected chi connectivity index (χ3v) is 4.09. The maximum Gasteiger partial charge on any atom is 0.0794 e. The number of nitrogens with two attached hydrogens (primary N) is 1. The van der Waals surface area contributed by atoms with Gasteiger partial charge in [0.25, 0.3) is 0 Å². The molecule has 0 radical (unpaired) electrons. The molecule has 6 heteroatoms. The molecule has 2 rings (SSSR count). The summed E-state index contributed by atoms with van der Waals surface area (Å²) >= 11 is 8.60.